The molecule has 2 nitrogen and oxygen atoms in total. The first-order valence-electron chi connectivity index (χ1n) is 3.61. The highest BCUT2D eigenvalue weighted by Crippen LogP contribution is 2.16. The Morgan fingerprint density at radius 1 is 1.58 bits per heavy atom. The van der Waals surface area contributed by atoms with Gasteiger partial charge in [-0.05, 0) is 6.07 Å². The molecule has 2 heterocycles. The van der Waals surface area contributed by atoms with E-state index in [0.717, 1.165) is 17.8 Å². The normalized spacial score (nSPS) is 19.2. The summed E-state index contributed by atoms with van der Waals surface area (Å²) in [6.45, 7) is 0.787. The van der Waals surface area contributed by atoms with Gasteiger partial charge in [-0.1, -0.05) is 15.9 Å². The van der Waals surface area contributed by atoms with Crippen LogP contribution in [-0.2, 0) is 0 Å². The predicted molar refractivity (Wildman–Crippen MR) is 45.0 cm³/mol. The summed E-state index contributed by atoms with van der Waals surface area (Å²) in [4.78, 5) is 0. The Balaban J connectivity index is 0.000000720. The van der Waals surface area contributed by atoms with Crippen LogP contribution in [0.3, 0.4) is 0 Å². The fourth-order valence-electron chi connectivity index (χ4n) is 1.24. The number of ether oxygens (including phenoxy) is 1. The standard InChI is InChI=1S/C8H9BrNO.BrH/c9-5-7-6-11-8-3-1-2-4-10(7)8;/h1-4,7H,5-6H2;1H/q+1;/p-1. The van der Waals surface area contributed by atoms with Gasteiger partial charge < -0.3 is 21.7 Å². The van der Waals surface area contributed by atoms with E-state index in [-0.39, 0.29) is 17.0 Å². The van der Waals surface area contributed by atoms with Crippen molar-refractivity contribution >= 4 is 15.9 Å². The second-order valence-corrected chi connectivity index (χ2v) is 3.21. The molecule has 0 bridgehead atoms. The fraction of sp³-hybridized carbons (Fsp3) is 0.375. The van der Waals surface area contributed by atoms with Gasteiger partial charge in [0.1, 0.15) is 0 Å². The molecule has 0 fully saturated rings. The molecule has 0 saturated heterocycles. The number of alkyl halides is 1. The van der Waals surface area contributed by atoms with E-state index < -0.39 is 0 Å². The van der Waals surface area contributed by atoms with Gasteiger partial charge in [-0.25, -0.2) is 0 Å². The van der Waals surface area contributed by atoms with Crippen molar-refractivity contribution in [3.05, 3.63) is 24.4 Å². The predicted octanol–water partition coefficient (Wildman–Crippen LogP) is -1.69. The van der Waals surface area contributed by atoms with Crippen LogP contribution in [0.1, 0.15) is 6.04 Å². The molecule has 0 aromatic carbocycles. The van der Waals surface area contributed by atoms with E-state index >= 15 is 0 Å². The largest absolute Gasteiger partial charge is 1.00 e. The molecule has 1 aliphatic heterocycles. The van der Waals surface area contributed by atoms with Crippen LogP contribution in [-0.4, -0.2) is 11.9 Å². The lowest BCUT2D eigenvalue weighted by molar-refractivity contribution is -0.700. The smallest absolute Gasteiger partial charge is 0.368 e. The highest BCUT2D eigenvalue weighted by Gasteiger charge is 2.29. The SMILES string of the molecule is BrCC1COc2cccc[n+]21.[Br-]. The van der Waals surface area contributed by atoms with Crippen LogP contribution in [0.4, 0.5) is 0 Å². The fourth-order valence-corrected chi connectivity index (χ4v) is 1.74. The van der Waals surface area contributed by atoms with Crippen molar-refractivity contribution in [1.82, 2.24) is 0 Å². The summed E-state index contributed by atoms with van der Waals surface area (Å²) >= 11 is 3.45. The molecule has 12 heavy (non-hydrogen) atoms. The topological polar surface area (TPSA) is 13.1 Å². The Bertz CT molecular complexity index is 267. The maximum Gasteiger partial charge on any atom is 0.368 e. The molecule has 1 aliphatic rings. The number of hydrogen-bond donors (Lipinski definition) is 0. The van der Waals surface area contributed by atoms with Crippen molar-refractivity contribution in [3.63, 3.8) is 0 Å². The summed E-state index contributed by atoms with van der Waals surface area (Å²) < 4.78 is 7.58. The van der Waals surface area contributed by atoms with Crippen LogP contribution in [0.5, 0.6) is 5.88 Å². The molecule has 0 spiro atoms. The summed E-state index contributed by atoms with van der Waals surface area (Å²) in [5.41, 5.74) is 0. The van der Waals surface area contributed by atoms with E-state index in [1.165, 1.54) is 0 Å². The van der Waals surface area contributed by atoms with Gasteiger partial charge in [0.2, 0.25) is 6.04 Å². The average molecular weight is 295 g/mol. The first-order chi connectivity index (χ1) is 5.42. The monoisotopic (exact) mass is 293 g/mol. The van der Waals surface area contributed by atoms with Crippen LogP contribution in [0.15, 0.2) is 24.4 Å². The molecular weight excluding hydrogens is 286 g/mol. The van der Waals surface area contributed by atoms with E-state index in [4.69, 9.17) is 4.74 Å². The molecule has 1 aromatic heterocycles. The first kappa shape index (κ1) is 9.99. The third-order valence-corrected chi connectivity index (χ3v) is 2.59. The molecule has 0 N–H and O–H groups in total. The molecule has 1 atom stereocenters. The van der Waals surface area contributed by atoms with Crippen molar-refractivity contribution in [2.75, 3.05) is 11.9 Å². The van der Waals surface area contributed by atoms with Crippen molar-refractivity contribution < 1.29 is 26.3 Å². The minimum absolute atomic E-state index is 0. The van der Waals surface area contributed by atoms with Crippen LogP contribution in [0.2, 0.25) is 0 Å². The van der Waals surface area contributed by atoms with E-state index in [0.29, 0.717) is 6.04 Å². The van der Waals surface area contributed by atoms with Gasteiger partial charge in [-0.15, -0.1) is 0 Å². The Hall–Kier alpha value is -0.0900. The number of rotatable bonds is 1. The third kappa shape index (κ3) is 1.64. The van der Waals surface area contributed by atoms with E-state index in [2.05, 4.69) is 20.5 Å². The van der Waals surface area contributed by atoms with Gasteiger partial charge in [-0.3, -0.25) is 0 Å². The Morgan fingerprint density at radius 3 is 3.17 bits per heavy atom. The molecular formula is C8H9Br2NO. The van der Waals surface area contributed by atoms with Crippen molar-refractivity contribution in [1.29, 1.82) is 0 Å². The molecule has 1 aromatic rings. The van der Waals surface area contributed by atoms with Crippen molar-refractivity contribution in [2.24, 2.45) is 0 Å². The van der Waals surface area contributed by atoms with Gasteiger partial charge in [0, 0.05) is 6.07 Å². The maximum atomic E-state index is 5.43. The zero-order valence-corrected chi connectivity index (χ0v) is 9.58. The Kier molecular flexibility index (Phi) is 3.53. The number of halogens is 2. The molecule has 2 rings (SSSR count). The lowest BCUT2D eigenvalue weighted by atomic mass is 10.3. The summed E-state index contributed by atoms with van der Waals surface area (Å²) in [5.74, 6) is 0.969. The van der Waals surface area contributed by atoms with Crippen molar-refractivity contribution in [3.8, 4) is 5.88 Å². The number of pyridine rings is 1. The minimum Gasteiger partial charge on any atom is -1.00 e. The molecule has 1 unspecified atom stereocenters. The number of aromatic nitrogens is 1. The van der Waals surface area contributed by atoms with Gasteiger partial charge in [0.05, 0.1) is 11.4 Å². The molecule has 0 radical (unpaired) electrons. The summed E-state index contributed by atoms with van der Waals surface area (Å²) in [7, 11) is 0. The van der Waals surface area contributed by atoms with Gasteiger partial charge in [0.15, 0.2) is 12.8 Å². The van der Waals surface area contributed by atoms with Crippen LogP contribution in [0.25, 0.3) is 0 Å². The van der Waals surface area contributed by atoms with E-state index in [1.807, 2.05) is 24.4 Å². The lowest BCUT2D eigenvalue weighted by Gasteiger charge is -1.95. The number of fused-ring (bicyclic) bond motifs is 1. The second kappa shape index (κ2) is 4.23. The minimum atomic E-state index is 0. The van der Waals surface area contributed by atoms with Crippen LogP contribution >= 0.6 is 15.9 Å². The average Bonchev–Trinajstić information content (AvgIpc) is 2.47. The maximum absolute atomic E-state index is 5.43. The summed E-state index contributed by atoms with van der Waals surface area (Å²) in [6, 6.07) is 6.46. The molecule has 0 amide bonds. The van der Waals surface area contributed by atoms with E-state index in [9.17, 15) is 0 Å². The zero-order valence-electron chi connectivity index (χ0n) is 6.41. The molecule has 0 aliphatic carbocycles. The van der Waals surface area contributed by atoms with Crippen molar-refractivity contribution in [2.45, 2.75) is 6.04 Å². The third-order valence-electron chi connectivity index (χ3n) is 1.85. The lowest BCUT2D eigenvalue weighted by Crippen LogP contribution is -3.00. The van der Waals surface area contributed by atoms with Gasteiger partial charge in [0.25, 0.3) is 0 Å². The van der Waals surface area contributed by atoms with E-state index in [1.54, 1.807) is 0 Å². The Morgan fingerprint density at radius 2 is 2.42 bits per heavy atom. The molecule has 0 saturated carbocycles. The Labute approximate surface area is 90.4 Å². The molecule has 4 heteroatoms. The summed E-state index contributed by atoms with van der Waals surface area (Å²) in [5, 5.41) is 0.953. The molecule has 66 valence electrons. The van der Waals surface area contributed by atoms with Gasteiger partial charge in [-0.2, -0.15) is 4.57 Å². The highest BCUT2D eigenvalue weighted by atomic mass is 79.9. The quantitative estimate of drug-likeness (QED) is 0.445. The number of hydrogen-bond acceptors (Lipinski definition) is 1. The first-order valence-corrected chi connectivity index (χ1v) is 4.73. The summed E-state index contributed by atoms with van der Waals surface area (Å²) in [6.07, 6.45) is 2.05. The zero-order chi connectivity index (χ0) is 7.68. The second-order valence-electron chi connectivity index (χ2n) is 2.57. The van der Waals surface area contributed by atoms with Crippen LogP contribution < -0.4 is 26.3 Å². The highest BCUT2D eigenvalue weighted by molar-refractivity contribution is 9.09. The van der Waals surface area contributed by atoms with Gasteiger partial charge >= 0.3 is 5.88 Å². The number of nitrogens with zero attached hydrogens (tertiary/aromatic N) is 1. The van der Waals surface area contributed by atoms with Crippen LogP contribution in [0, 0.1) is 0 Å².